The summed E-state index contributed by atoms with van der Waals surface area (Å²) in [5.41, 5.74) is 7.13. The molecule has 0 spiro atoms. The van der Waals surface area contributed by atoms with Crippen molar-refractivity contribution in [1.29, 1.82) is 0 Å². The minimum Gasteiger partial charge on any atom is -0.493 e. The van der Waals surface area contributed by atoms with E-state index in [1.54, 1.807) is 50.6 Å². The van der Waals surface area contributed by atoms with E-state index in [1.807, 2.05) is 31.2 Å². The summed E-state index contributed by atoms with van der Waals surface area (Å²) < 4.78 is 11.0. The molecule has 0 atom stereocenters. The average Bonchev–Trinajstić information content (AvgIpc) is 3.00. The summed E-state index contributed by atoms with van der Waals surface area (Å²) >= 11 is 0. The Morgan fingerprint density at radius 3 is 2.23 bits per heavy atom. The number of carbonyl (C=O) groups is 2. The maximum Gasteiger partial charge on any atom is 0.255 e. The molecule has 0 radical (unpaired) electrons. The molecule has 0 fully saturated rings. The number of carbonyl (C=O) groups excluding carboxylic acids is 2. The molecule has 1 aliphatic heterocycles. The van der Waals surface area contributed by atoms with Crippen LogP contribution < -0.4 is 14.8 Å². The molecule has 4 aromatic carbocycles. The largest absolute Gasteiger partial charge is 0.493 e. The van der Waals surface area contributed by atoms with Gasteiger partial charge in [-0.1, -0.05) is 54.6 Å². The number of ketones is 1. The standard InChI is InChI=1S/C34H34N2O4/c1-23-18-24(14-16-36-17-15-26-20-31(39-2)32(40-3)21-29(26)22-36)12-13-30(23)35-34(38)28-11-7-10-27(19-28)33(37)25-8-5-4-6-9-25/h4-13,18-21H,14-17,22H2,1-3H3,(H,35,38). The van der Waals surface area contributed by atoms with Gasteiger partial charge < -0.3 is 14.8 Å². The molecule has 204 valence electrons. The van der Waals surface area contributed by atoms with Crippen molar-refractivity contribution in [1.82, 2.24) is 4.90 Å². The first-order chi connectivity index (χ1) is 19.4. The lowest BCUT2D eigenvalue weighted by atomic mass is 9.98. The van der Waals surface area contributed by atoms with E-state index in [-0.39, 0.29) is 11.7 Å². The number of rotatable bonds is 9. The molecule has 1 aliphatic rings. The SMILES string of the molecule is COc1cc2c(cc1OC)CN(CCc1ccc(NC(=O)c3cccc(C(=O)c4ccccc4)c3)c(C)c1)CC2. The Bertz CT molecular complexity index is 1530. The third-order valence-electron chi connectivity index (χ3n) is 7.48. The minimum atomic E-state index is -0.238. The van der Waals surface area contributed by atoms with Crippen LogP contribution >= 0.6 is 0 Å². The fourth-order valence-electron chi connectivity index (χ4n) is 5.19. The number of anilines is 1. The van der Waals surface area contributed by atoms with Crippen LogP contribution in [-0.2, 0) is 19.4 Å². The first-order valence-electron chi connectivity index (χ1n) is 13.5. The van der Waals surface area contributed by atoms with E-state index in [1.165, 1.54) is 16.7 Å². The van der Waals surface area contributed by atoms with Crippen LogP contribution in [0.1, 0.15) is 48.5 Å². The first-order valence-corrected chi connectivity index (χ1v) is 13.5. The second-order valence-corrected chi connectivity index (χ2v) is 10.1. The van der Waals surface area contributed by atoms with E-state index >= 15 is 0 Å². The zero-order chi connectivity index (χ0) is 28.1. The topological polar surface area (TPSA) is 67.9 Å². The number of nitrogens with zero attached hydrogens (tertiary/aromatic N) is 1. The van der Waals surface area contributed by atoms with Crippen molar-refractivity contribution in [2.45, 2.75) is 26.3 Å². The molecular weight excluding hydrogens is 500 g/mol. The summed E-state index contributed by atoms with van der Waals surface area (Å²) in [5.74, 6) is 1.21. The second kappa shape index (κ2) is 12.2. The third kappa shape index (κ3) is 6.08. The Morgan fingerprint density at radius 2 is 1.50 bits per heavy atom. The van der Waals surface area contributed by atoms with E-state index < -0.39 is 0 Å². The molecule has 0 aliphatic carbocycles. The number of aryl methyl sites for hydroxylation is 1. The number of benzene rings is 4. The molecule has 0 saturated carbocycles. The van der Waals surface area contributed by atoms with Gasteiger partial charge in [0, 0.05) is 42.0 Å². The number of ether oxygens (including phenoxy) is 2. The van der Waals surface area contributed by atoms with Crippen molar-refractivity contribution in [2.24, 2.45) is 0 Å². The Kier molecular flexibility index (Phi) is 8.27. The summed E-state index contributed by atoms with van der Waals surface area (Å²) in [6.45, 7) is 4.84. The van der Waals surface area contributed by atoms with Crippen LogP contribution in [0.25, 0.3) is 0 Å². The van der Waals surface area contributed by atoms with Crippen molar-refractivity contribution in [2.75, 3.05) is 32.6 Å². The molecule has 6 nitrogen and oxygen atoms in total. The van der Waals surface area contributed by atoms with Crippen LogP contribution in [0.2, 0.25) is 0 Å². The minimum absolute atomic E-state index is 0.105. The third-order valence-corrected chi connectivity index (χ3v) is 7.48. The molecule has 0 bridgehead atoms. The number of fused-ring (bicyclic) bond motifs is 1. The van der Waals surface area contributed by atoms with Gasteiger partial charge in [0.2, 0.25) is 0 Å². The highest BCUT2D eigenvalue weighted by Gasteiger charge is 2.19. The molecule has 1 heterocycles. The predicted molar refractivity (Wildman–Crippen MR) is 158 cm³/mol. The molecule has 40 heavy (non-hydrogen) atoms. The van der Waals surface area contributed by atoms with Crippen LogP contribution in [0, 0.1) is 6.92 Å². The number of hydrogen-bond donors (Lipinski definition) is 1. The maximum atomic E-state index is 13.0. The summed E-state index contributed by atoms with van der Waals surface area (Å²) in [6.07, 6.45) is 1.90. The quantitative estimate of drug-likeness (QED) is 0.263. The van der Waals surface area contributed by atoms with Gasteiger partial charge in [0.05, 0.1) is 14.2 Å². The van der Waals surface area contributed by atoms with E-state index in [4.69, 9.17) is 9.47 Å². The van der Waals surface area contributed by atoms with E-state index in [2.05, 4.69) is 34.5 Å². The van der Waals surface area contributed by atoms with E-state index in [0.29, 0.717) is 16.7 Å². The van der Waals surface area contributed by atoms with E-state index in [0.717, 1.165) is 55.2 Å². The molecule has 1 amide bonds. The normalized spacial score (nSPS) is 12.9. The molecule has 5 rings (SSSR count). The molecule has 0 saturated heterocycles. The lowest BCUT2D eigenvalue weighted by Crippen LogP contribution is -2.32. The second-order valence-electron chi connectivity index (χ2n) is 10.1. The highest BCUT2D eigenvalue weighted by molar-refractivity contribution is 6.11. The molecule has 0 unspecified atom stereocenters. The van der Waals surface area contributed by atoms with Crippen LogP contribution in [0.5, 0.6) is 11.5 Å². The maximum absolute atomic E-state index is 13.0. The van der Waals surface area contributed by atoms with Crippen LogP contribution in [0.4, 0.5) is 5.69 Å². The van der Waals surface area contributed by atoms with Crippen molar-refractivity contribution >= 4 is 17.4 Å². The molecule has 0 aromatic heterocycles. The molecule has 1 N–H and O–H groups in total. The van der Waals surface area contributed by atoms with Crippen molar-refractivity contribution in [3.63, 3.8) is 0 Å². The molecular formula is C34H34N2O4. The number of hydrogen-bond acceptors (Lipinski definition) is 5. The zero-order valence-electron chi connectivity index (χ0n) is 23.2. The number of amides is 1. The summed E-state index contributed by atoms with van der Waals surface area (Å²) in [7, 11) is 3.34. The fraction of sp³-hybridized carbons (Fsp3) is 0.235. The average molecular weight is 535 g/mol. The molecule has 4 aromatic rings. The van der Waals surface area contributed by atoms with Crippen LogP contribution in [0.3, 0.4) is 0 Å². The Labute approximate surface area is 235 Å². The smallest absolute Gasteiger partial charge is 0.255 e. The summed E-state index contributed by atoms with van der Waals surface area (Å²) in [5, 5.41) is 3.01. The van der Waals surface area contributed by atoms with Crippen LogP contribution in [-0.4, -0.2) is 43.9 Å². The predicted octanol–water partition coefficient (Wildman–Crippen LogP) is 6.10. The van der Waals surface area contributed by atoms with Crippen molar-refractivity contribution in [3.05, 3.63) is 124 Å². The Balaban J connectivity index is 1.20. The highest BCUT2D eigenvalue weighted by atomic mass is 16.5. The van der Waals surface area contributed by atoms with Gasteiger partial charge in [-0.25, -0.2) is 0 Å². The lowest BCUT2D eigenvalue weighted by Gasteiger charge is -2.29. The van der Waals surface area contributed by atoms with Crippen LogP contribution in [0.15, 0.2) is 84.9 Å². The zero-order valence-corrected chi connectivity index (χ0v) is 23.2. The van der Waals surface area contributed by atoms with E-state index in [9.17, 15) is 9.59 Å². The van der Waals surface area contributed by atoms with Gasteiger partial charge in [0.25, 0.3) is 5.91 Å². The van der Waals surface area contributed by atoms with Gasteiger partial charge in [0.15, 0.2) is 17.3 Å². The van der Waals surface area contributed by atoms with Crippen molar-refractivity contribution < 1.29 is 19.1 Å². The lowest BCUT2D eigenvalue weighted by molar-refractivity contribution is 0.102. The fourth-order valence-corrected chi connectivity index (χ4v) is 5.19. The van der Waals surface area contributed by atoms with Gasteiger partial charge in [-0.15, -0.1) is 0 Å². The van der Waals surface area contributed by atoms with Gasteiger partial charge in [-0.3, -0.25) is 14.5 Å². The van der Waals surface area contributed by atoms with Gasteiger partial charge in [-0.2, -0.15) is 0 Å². The van der Waals surface area contributed by atoms with Gasteiger partial charge in [-0.05, 0) is 72.4 Å². The van der Waals surface area contributed by atoms with Gasteiger partial charge in [0.1, 0.15) is 0 Å². The van der Waals surface area contributed by atoms with Gasteiger partial charge >= 0.3 is 0 Å². The highest BCUT2D eigenvalue weighted by Crippen LogP contribution is 2.33. The summed E-state index contributed by atoms with van der Waals surface area (Å²) in [4.78, 5) is 28.3. The first kappa shape index (κ1) is 27.2. The monoisotopic (exact) mass is 534 g/mol. The number of nitrogens with one attached hydrogen (secondary N) is 1. The Morgan fingerprint density at radius 1 is 0.800 bits per heavy atom. The summed E-state index contributed by atoms with van der Waals surface area (Å²) in [6, 6.07) is 26.3. The number of methoxy groups -OCH3 is 2. The Hall–Kier alpha value is -4.42. The van der Waals surface area contributed by atoms with Crippen molar-refractivity contribution in [3.8, 4) is 11.5 Å². The molecule has 6 heteroatoms.